The SMILES string of the molecule is Cc1ccc(-c2csc(CS(=O)(=O)Cc3cccc(C(F)(F)F)c3)n2)c(C)c1. The van der Waals surface area contributed by atoms with Crippen LogP contribution in [0.3, 0.4) is 0 Å². The largest absolute Gasteiger partial charge is 0.416 e. The van der Waals surface area contributed by atoms with E-state index in [0.717, 1.165) is 28.8 Å². The van der Waals surface area contributed by atoms with Crippen molar-refractivity contribution in [3.8, 4) is 11.3 Å². The molecule has 0 aliphatic heterocycles. The van der Waals surface area contributed by atoms with E-state index < -0.39 is 27.3 Å². The first-order chi connectivity index (χ1) is 13.0. The van der Waals surface area contributed by atoms with Gasteiger partial charge in [0.1, 0.15) is 10.8 Å². The molecule has 8 heteroatoms. The number of aromatic nitrogens is 1. The van der Waals surface area contributed by atoms with E-state index in [9.17, 15) is 21.6 Å². The van der Waals surface area contributed by atoms with Crippen LogP contribution in [0.15, 0.2) is 47.8 Å². The molecule has 0 spiro atoms. The number of hydrogen-bond acceptors (Lipinski definition) is 4. The Morgan fingerprint density at radius 2 is 1.79 bits per heavy atom. The number of benzene rings is 2. The van der Waals surface area contributed by atoms with Crippen molar-refractivity contribution >= 4 is 21.2 Å². The van der Waals surface area contributed by atoms with Crippen molar-refractivity contribution in [2.75, 3.05) is 0 Å². The van der Waals surface area contributed by atoms with E-state index in [1.54, 1.807) is 5.38 Å². The molecular weight excluding hydrogens is 407 g/mol. The standard InChI is InChI=1S/C20H18F3NO2S2/c1-13-6-7-17(14(2)8-13)18-10-27-19(24-18)12-28(25,26)11-15-4-3-5-16(9-15)20(21,22)23/h3-10H,11-12H2,1-2H3. The molecular formula is C20H18F3NO2S2. The maximum Gasteiger partial charge on any atom is 0.416 e. The van der Waals surface area contributed by atoms with Gasteiger partial charge in [-0.25, -0.2) is 13.4 Å². The Kier molecular flexibility index (Phi) is 5.63. The summed E-state index contributed by atoms with van der Waals surface area (Å²) in [5.74, 6) is -0.770. The highest BCUT2D eigenvalue weighted by Gasteiger charge is 2.30. The molecule has 0 saturated carbocycles. The minimum Gasteiger partial charge on any atom is -0.240 e. The molecule has 3 nitrogen and oxygen atoms in total. The number of thiazole rings is 1. The predicted molar refractivity (Wildman–Crippen MR) is 105 cm³/mol. The Labute approximate surface area is 165 Å². The molecule has 148 valence electrons. The Morgan fingerprint density at radius 1 is 1.04 bits per heavy atom. The fourth-order valence-electron chi connectivity index (χ4n) is 2.93. The Bertz CT molecular complexity index is 1100. The number of halogens is 3. The summed E-state index contributed by atoms with van der Waals surface area (Å²) in [6.45, 7) is 3.95. The van der Waals surface area contributed by atoms with Crippen molar-refractivity contribution in [2.45, 2.75) is 31.5 Å². The number of alkyl halides is 3. The highest BCUT2D eigenvalue weighted by atomic mass is 32.2. The number of hydrogen-bond donors (Lipinski definition) is 0. The summed E-state index contributed by atoms with van der Waals surface area (Å²) >= 11 is 1.23. The molecule has 3 rings (SSSR count). The van der Waals surface area contributed by atoms with Crippen LogP contribution in [0.2, 0.25) is 0 Å². The molecule has 0 N–H and O–H groups in total. The zero-order valence-electron chi connectivity index (χ0n) is 15.2. The van der Waals surface area contributed by atoms with Gasteiger partial charge in [0.25, 0.3) is 0 Å². The smallest absolute Gasteiger partial charge is 0.240 e. The number of sulfone groups is 1. The van der Waals surface area contributed by atoms with Crippen molar-refractivity contribution < 1.29 is 21.6 Å². The third-order valence-electron chi connectivity index (χ3n) is 4.19. The van der Waals surface area contributed by atoms with E-state index in [4.69, 9.17) is 0 Å². The van der Waals surface area contributed by atoms with E-state index in [1.807, 2.05) is 32.0 Å². The van der Waals surface area contributed by atoms with E-state index in [1.165, 1.54) is 23.5 Å². The second-order valence-electron chi connectivity index (χ2n) is 6.68. The van der Waals surface area contributed by atoms with Gasteiger partial charge < -0.3 is 0 Å². The molecule has 1 aromatic heterocycles. The summed E-state index contributed by atoms with van der Waals surface area (Å²) in [7, 11) is -3.66. The van der Waals surface area contributed by atoms with Gasteiger partial charge in [0.15, 0.2) is 9.84 Å². The maximum atomic E-state index is 12.8. The molecule has 3 aromatic rings. The van der Waals surface area contributed by atoms with Gasteiger partial charge in [-0.1, -0.05) is 42.0 Å². The summed E-state index contributed by atoms with van der Waals surface area (Å²) in [6, 6.07) is 10.3. The molecule has 0 atom stereocenters. The molecule has 0 aliphatic carbocycles. The molecule has 0 saturated heterocycles. The van der Waals surface area contributed by atoms with Crippen molar-refractivity contribution in [2.24, 2.45) is 0 Å². The quantitative estimate of drug-likeness (QED) is 0.538. The molecule has 0 radical (unpaired) electrons. The fraction of sp³-hybridized carbons (Fsp3) is 0.250. The molecule has 0 fully saturated rings. The Balaban J connectivity index is 1.77. The maximum absolute atomic E-state index is 12.8. The third-order valence-corrected chi connectivity index (χ3v) is 6.71. The van der Waals surface area contributed by atoms with Gasteiger partial charge in [-0.15, -0.1) is 11.3 Å². The summed E-state index contributed by atoms with van der Waals surface area (Å²) in [5.41, 5.74) is 3.06. The topological polar surface area (TPSA) is 47.0 Å². The first-order valence-corrected chi connectivity index (χ1v) is 11.1. The van der Waals surface area contributed by atoms with Crippen LogP contribution in [0.25, 0.3) is 11.3 Å². The van der Waals surface area contributed by atoms with Gasteiger partial charge in [0.2, 0.25) is 0 Å². The summed E-state index contributed by atoms with van der Waals surface area (Å²) < 4.78 is 63.4. The van der Waals surface area contributed by atoms with E-state index >= 15 is 0 Å². The summed E-state index contributed by atoms with van der Waals surface area (Å²) in [4.78, 5) is 4.41. The van der Waals surface area contributed by atoms with Crippen LogP contribution in [0.5, 0.6) is 0 Å². The van der Waals surface area contributed by atoms with Crippen LogP contribution in [-0.2, 0) is 27.5 Å². The van der Waals surface area contributed by atoms with Gasteiger partial charge in [-0.2, -0.15) is 13.2 Å². The van der Waals surface area contributed by atoms with Crippen molar-refractivity contribution in [3.05, 3.63) is 75.1 Å². The highest BCUT2D eigenvalue weighted by Crippen LogP contribution is 2.30. The van der Waals surface area contributed by atoms with Gasteiger partial charge in [-0.05, 0) is 31.0 Å². The van der Waals surface area contributed by atoms with E-state index in [0.29, 0.717) is 10.7 Å². The third kappa shape index (κ3) is 4.99. The fourth-order valence-corrected chi connectivity index (χ4v) is 5.55. The lowest BCUT2D eigenvalue weighted by Crippen LogP contribution is -2.10. The average Bonchev–Trinajstić information content (AvgIpc) is 3.01. The van der Waals surface area contributed by atoms with Crippen LogP contribution >= 0.6 is 11.3 Å². The first-order valence-electron chi connectivity index (χ1n) is 8.42. The Morgan fingerprint density at radius 3 is 2.46 bits per heavy atom. The Hall–Kier alpha value is -2.19. The summed E-state index contributed by atoms with van der Waals surface area (Å²) in [6.07, 6.45) is -4.50. The summed E-state index contributed by atoms with van der Waals surface area (Å²) in [5, 5.41) is 2.22. The molecule has 1 heterocycles. The first kappa shape index (κ1) is 20.5. The minimum absolute atomic E-state index is 0.112. The lowest BCUT2D eigenvalue weighted by molar-refractivity contribution is -0.137. The monoisotopic (exact) mass is 425 g/mol. The molecule has 0 amide bonds. The second kappa shape index (κ2) is 7.67. The zero-order valence-corrected chi connectivity index (χ0v) is 16.9. The number of nitrogens with zero attached hydrogens (tertiary/aromatic N) is 1. The predicted octanol–water partition coefficient (Wildman–Crippen LogP) is 5.56. The van der Waals surface area contributed by atoms with E-state index in [2.05, 4.69) is 4.98 Å². The second-order valence-corrected chi connectivity index (χ2v) is 9.68. The van der Waals surface area contributed by atoms with Gasteiger partial charge in [0.05, 0.1) is 17.0 Å². The molecule has 0 bridgehead atoms. The normalized spacial score (nSPS) is 12.3. The molecule has 28 heavy (non-hydrogen) atoms. The number of aryl methyl sites for hydroxylation is 2. The number of rotatable bonds is 5. The van der Waals surface area contributed by atoms with Crippen molar-refractivity contribution in [1.82, 2.24) is 4.98 Å². The highest BCUT2D eigenvalue weighted by molar-refractivity contribution is 7.89. The molecule has 0 unspecified atom stereocenters. The van der Waals surface area contributed by atoms with Crippen molar-refractivity contribution in [3.63, 3.8) is 0 Å². The lowest BCUT2D eigenvalue weighted by Gasteiger charge is -2.09. The minimum atomic E-state index is -4.50. The molecule has 0 aliphatic rings. The lowest BCUT2D eigenvalue weighted by atomic mass is 10.0. The van der Waals surface area contributed by atoms with Gasteiger partial charge in [0, 0.05) is 10.9 Å². The zero-order chi connectivity index (χ0) is 20.5. The van der Waals surface area contributed by atoms with Crippen LogP contribution in [0.1, 0.15) is 27.3 Å². The van der Waals surface area contributed by atoms with Crippen LogP contribution in [-0.4, -0.2) is 13.4 Å². The van der Waals surface area contributed by atoms with Crippen molar-refractivity contribution in [1.29, 1.82) is 0 Å². The van der Waals surface area contributed by atoms with Crippen LogP contribution in [0.4, 0.5) is 13.2 Å². The van der Waals surface area contributed by atoms with Crippen LogP contribution < -0.4 is 0 Å². The molecule has 2 aromatic carbocycles. The average molecular weight is 425 g/mol. The van der Waals surface area contributed by atoms with E-state index in [-0.39, 0.29) is 11.3 Å². The van der Waals surface area contributed by atoms with Gasteiger partial charge in [-0.3, -0.25) is 0 Å². The van der Waals surface area contributed by atoms with Gasteiger partial charge >= 0.3 is 6.18 Å². The van der Waals surface area contributed by atoms with Crippen LogP contribution in [0, 0.1) is 13.8 Å².